The van der Waals surface area contributed by atoms with Crippen LogP contribution in [-0.2, 0) is 12.8 Å². The zero-order valence-corrected chi connectivity index (χ0v) is 9.19. The molecule has 0 spiro atoms. The fourth-order valence-electron chi connectivity index (χ4n) is 1.73. The summed E-state index contributed by atoms with van der Waals surface area (Å²) in [4.78, 5) is 0. The first-order valence-electron chi connectivity index (χ1n) is 5.14. The molecule has 0 heterocycles. The maximum absolute atomic E-state index is 6.04. The average molecular weight is 199 g/mol. The summed E-state index contributed by atoms with van der Waals surface area (Å²) in [5.74, 6) is 0. The summed E-state index contributed by atoms with van der Waals surface area (Å²) in [5, 5.41) is 0.960. The van der Waals surface area contributed by atoms with E-state index in [1.54, 1.807) is 0 Å². The molecule has 0 fully saturated rings. The Kier molecular flexibility index (Phi) is 4.31. The highest BCUT2D eigenvalue weighted by Crippen LogP contribution is 2.27. The van der Waals surface area contributed by atoms with Gasteiger partial charge in [-0.05, 0) is 42.9 Å². The fraction of sp³-hybridized carbons (Fsp3) is 0.500. The molecular weight excluding hydrogens is 180 g/mol. The molecular formula is C12H19Cl. The van der Waals surface area contributed by atoms with Crippen LogP contribution in [0, 0.1) is 0 Å². The molecule has 0 saturated carbocycles. The van der Waals surface area contributed by atoms with Crippen molar-refractivity contribution in [3.63, 3.8) is 0 Å². The van der Waals surface area contributed by atoms with Crippen molar-refractivity contribution in [1.82, 2.24) is 0 Å². The molecule has 0 unspecified atom stereocenters. The highest BCUT2D eigenvalue weighted by Gasteiger charge is 2.10. The number of halogens is 1. The van der Waals surface area contributed by atoms with Crippen LogP contribution in [0.15, 0.2) is 18.2 Å². The number of benzene rings is 1. The quantitative estimate of drug-likeness (QED) is 0.576. The molecule has 0 bridgehead atoms. The molecule has 1 aliphatic carbocycles. The summed E-state index contributed by atoms with van der Waals surface area (Å²) in [5.41, 5.74) is 2.85. The van der Waals surface area contributed by atoms with Gasteiger partial charge in [-0.1, -0.05) is 37.6 Å². The third kappa shape index (κ3) is 2.47. The maximum atomic E-state index is 6.04. The first kappa shape index (κ1) is 10.6. The average Bonchev–Trinajstić information content (AvgIpc) is 2.22. The molecule has 1 heteroatoms. The molecule has 0 amide bonds. The van der Waals surface area contributed by atoms with Crippen molar-refractivity contribution >= 4 is 11.6 Å². The van der Waals surface area contributed by atoms with Crippen LogP contribution >= 0.6 is 11.6 Å². The minimum Gasteiger partial charge on any atom is -0.0840 e. The summed E-state index contributed by atoms with van der Waals surface area (Å²) in [7, 11) is 0. The van der Waals surface area contributed by atoms with Crippen LogP contribution in [-0.4, -0.2) is 0 Å². The first-order valence-corrected chi connectivity index (χ1v) is 5.52. The van der Waals surface area contributed by atoms with Gasteiger partial charge in [0.25, 0.3) is 0 Å². The van der Waals surface area contributed by atoms with E-state index in [2.05, 4.69) is 6.07 Å². The number of hydrogen-bond donors (Lipinski definition) is 0. The summed E-state index contributed by atoms with van der Waals surface area (Å²) in [6.07, 6.45) is 5.02. The van der Waals surface area contributed by atoms with E-state index in [1.165, 1.54) is 36.8 Å². The van der Waals surface area contributed by atoms with Gasteiger partial charge in [0.1, 0.15) is 0 Å². The lowest BCUT2D eigenvalue weighted by molar-refractivity contribution is 0.686. The predicted octanol–water partition coefficient (Wildman–Crippen LogP) is 4.49. The number of rotatable bonds is 0. The van der Waals surface area contributed by atoms with Gasteiger partial charge in [-0.2, -0.15) is 0 Å². The van der Waals surface area contributed by atoms with E-state index >= 15 is 0 Å². The molecule has 13 heavy (non-hydrogen) atoms. The van der Waals surface area contributed by atoms with Crippen molar-refractivity contribution in [2.45, 2.75) is 39.5 Å². The molecule has 0 atom stereocenters. The number of hydrogen-bond acceptors (Lipinski definition) is 0. The second-order valence-corrected chi connectivity index (χ2v) is 3.49. The van der Waals surface area contributed by atoms with Gasteiger partial charge in [0, 0.05) is 6.45 Å². The van der Waals surface area contributed by atoms with E-state index in [9.17, 15) is 0 Å². The highest BCUT2D eigenvalue weighted by molar-refractivity contribution is 6.31. The van der Waals surface area contributed by atoms with Gasteiger partial charge in [0.15, 0.2) is 0 Å². The summed E-state index contributed by atoms with van der Waals surface area (Å²) < 4.78 is 0. The molecule has 1 aliphatic rings. The molecule has 0 saturated heterocycles. The van der Waals surface area contributed by atoms with Crippen molar-refractivity contribution in [3.05, 3.63) is 34.3 Å². The standard InChI is InChI=1S/C10H11Cl.C2H6.H2/c11-10-7-3-5-8-4-1-2-6-9(8)10;1-2;/h3,5,7H,1-2,4,6H2;1-2H3;1H. The van der Waals surface area contributed by atoms with Gasteiger partial charge in [0.2, 0.25) is 0 Å². The van der Waals surface area contributed by atoms with Gasteiger partial charge in [-0.15, -0.1) is 0 Å². The third-order valence-corrected chi connectivity index (χ3v) is 2.69. The Morgan fingerprint density at radius 2 is 1.85 bits per heavy atom. The monoisotopic (exact) mass is 198 g/mol. The van der Waals surface area contributed by atoms with Crippen LogP contribution in [0.25, 0.3) is 0 Å². The Morgan fingerprint density at radius 3 is 2.54 bits per heavy atom. The summed E-state index contributed by atoms with van der Waals surface area (Å²) in [6, 6.07) is 6.23. The normalized spacial score (nSPS) is 14.1. The lowest BCUT2D eigenvalue weighted by Gasteiger charge is -2.15. The number of fused-ring (bicyclic) bond motifs is 1. The highest BCUT2D eigenvalue weighted by atomic mass is 35.5. The molecule has 0 radical (unpaired) electrons. The Hall–Kier alpha value is -0.490. The SMILES string of the molecule is CC.Clc1cccc2c1CCCC2.[HH]. The zero-order valence-electron chi connectivity index (χ0n) is 8.44. The smallest absolute Gasteiger partial charge is 0.0440 e. The molecule has 0 nitrogen and oxygen atoms in total. The molecule has 0 aromatic heterocycles. The van der Waals surface area contributed by atoms with Crippen molar-refractivity contribution < 1.29 is 1.43 Å². The van der Waals surface area contributed by atoms with Crippen LogP contribution in [0.1, 0.15) is 39.2 Å². The predicted molar refractivity (Wildman–Crippen MR) is 61.6 cm³/mol. The molecule has 1 aromatic rings. The van der Waals surface area contributed by atoms with Gasteiger partial charge in [-0.3, -0.25) is 0 Å². The minimum absolute atomic E-state index is 0. The summed E-state index contributed by atoms with van der Waals surface area (Å²) >= 11 is 6.04. The van der Waals surface area contributed by atoms with Crippen molar-refractivity contribution in [2.75, 3.05) is 0 Å². The minimum atomic E-state index is 0. The van der Waals surface area contributed by atoms with E-state index in [0.717, 1.165) is 5.02 Å². The fourth-order valence-corrected chi connectivity index (χ4v) is 2.02. The van der Waals surface area contributed by atoms with Gasteiger partial charge in [-0.25, -0.2) is 0 Å². The zero-order chi connectivity index (χ0) is 9.68. The van der Waals surface area contributed by atoms with Crippen molar-refractivity contribution in [1.29, 1.82) is 0 Å². The first-order chi connectivity index (χ1) is 6.38. The molecule has 1 aromatic carbocycles. The van der Waals surface area contributed by atoms with Crippen LogP contribution in [0.4, 0.5) is 0 Å². The van der Waals surface area contributed by atoms with Crippen LogP contribution in [0.3, 0.4) is 0 Å². The van der Waals surface area contributed by atoms with E-state index in [-0.39, 0.29) is 1.43 Å². The molecule has 74 valence electrons. The van der Waals surface area contributed by atoms with E-state index in [0.29, 0.717) is 0 Å². The molecule has 2 rings (SSSR count). The lowest BCUT2D eigenvalue weighted by Crippen LogP contribution is -2.02. The summed E-state index contributed by atoms with van der Waals surface area (Å²) in [6.45, 7) is 4.00. The maximum Gasteiger partial charge on any atom is 0.0440 e. The third-order valence-electron chi connectivity index (χ3n) is 2.34. The Bertz CT molecular complexity index is 271. The topological polar surface area (TPSA) is 0 Å². The van der Waals surface area contributed by atoms with Gasteiger partial charge < -0.3 is 0 Å². The largest absolute Gasteiger partial charge is 0.0840 e. The van der Waals surface area contributed by atoms with E-state index < -0.39 is 0 Å². The van der Waals surface area contributed by atoms with Crippen LogP contribution in [0.5, 0.6) is 0 Å². The van der Waals surface area contributed by atoms with Gasteiger partial charge in [0.05, 0.1) is 0 Å². The van der Waals surface area contributed by atoms with E-state index in [4.69, 9.17) is 11.6 Å². The second-order valence-electron chi connectivity index (χ2n) is 3.08. The number of aryl methyl sites for hydroxylation is 1. The molecule has 0 N–H and O–H groups in total. The lowest BCUT2D eigenvalue weighted by atomic mass is 9.92. The Labute approximate surface area is 87.4 Å². The Balaban J connectivity index is 0.000000531. The van der Waals surface area contributed by atoms with Crippen LogP contribution < -0.4 is 0 Å². The Morgan fingerprint density at radius 1 is 1.15 bits per heavy atom. The van der Waals surface area contributed by atoms with E-state index in [1.807, 2.05) is 26.0 Å². The van der Waals surface area contributed by atoms with Gasteiger partial charge >= 0.3 is 0 Å². The second kappa shape index (κ2) is 5.29. The van der Waals surface area contributed by atoms with Crippen molar-refractivity contribution in [3.8, 4) is 0 Å². The van der Waals surface area contributed by atoms with Crippen molar-refractivity contribution in [2.24, 2.45) is 0 Å². The molecule has 0 aliphatic heterocycles. The van der Waals surface area contributed by atoms with Crippen LogP contribution in [0.2, 0.25) is 5.02 Å².